The van der Waals surface area contributed by atoms with Gasteiger partial charge in [-0.15, -0.1) is 0 Å². The molecule has 0 spiro atoms. The van der Waals surface area contributed by atoms with Gasteiger partial charge in [0, 0.05) is 22.8 Å². The molecule has 0 unspecified atom stereocenters. The van der Waals surface area contributed by atoms with Crippen LogP contribution in [0.15, 0.2) is 72.8 Å². The summed E-state index contributed by atoms with van der Waals surface area (Å²) in [6.07, 6.45) is 1.13. The Bertz CT molecular complexity index is 1250. The maximum Gasteiger partial charge on any atom is 0.229 e. The lowest BCUT2D eigenvalue weighted by Gasteiger charge is -2.11. The number of rotatable bonds is 5. The van der Waals surface area contributed by atoms with Gasteiger partial charge in [0.15, 0.2) is 0 Å². The normalized spacial score (nSPS) is 11.6. The molecule has 1 heterocycles. The molecule has 3 aromatic carbocycles. The average Bonchev–Trinajstić information content (AvgIpc) is 3.01. The molecule has 1 N–H and O–H groups in total. The average molecular weight is 412 g/mol. The van der Waals surface area contributed by atoms with E-state index in [9.17, 15) is 8.42 Å². The number of nitrogens with one attached hydrogen (secondary N) is 1. The third-order valence-electron chi connectivity index (χ3n) is 4.33. The summed E-state index contributed by atoms with van der Waals surface area (Å²) in [4.78, 5) is 4.79. The van der Waals surface area contributed by atoms with E-state index in [1.54, 1.807) is 12.1 Å². The maximum absolute atomic E-state index is 11.6. The molecule has 0 radical (unpaired) electrons. The van der Waals surface area contributed by atoms with Crippen molar-refractivity contribution in [2.45, 2.75) is 6.54 Å². The standard InChI is InChI=1S/C21H18ClN3O2S/c1-28(26,27)24-18-6-4-5-16(13-18)21-23-19-7-2-3-8-20(19)25(21)14-15-9-11-17(22)12-10-15/h2-13,24H,14H2,1H3. The zero-order valence-corrected chi connectivity index (χ0v) is 16.7. The fourth-order valence-electron chi connectivity index (χ4n) is 3.16. The summed E-state index contributed by atoms with van der Waals surface area (Å²) in [5.41, 5.74) is 4.32. The van der Waals surface area contributed by atoms with Crippen LogP contribution < -0.4 is 4.72 Å². The predicted octanol–water partition coefficient (Wildman–Crippen LogP) is 4.78. The third-order valence-corrected chi connectivity index (χ3v) is 5.19. The Morgan fingerprint density at radius 2 is 1.75 bits per heavy atom. The lowest BCUT2D eigenvalue weighted by Crippen LogP contribution is -2.09. The van der Waals surface area contributed by atoms with Gasteiger partial charge in [-0.25, -0.2) is 13.4 Å². The van der Waals surface area contributed by atoms with E-state index < -0.39 is 10.0 Å². The third kappa shape index (κ3) is 4.03. The van der Waals surface area contributed by atoms with Crippen molar-refractivity contribution in [2.24, 2.45) is 0 Å². The van der Waals surface area contributed by atoms with Crippen molar-refractivity contribution in [3.63, 3.8) is 0 Å². The highest BCUT2D eigenvalue weighted by Crippen LogP contribution is 2.28. The van der Waals surface area contributed by atoms with Crippen LogP contribution >= 0.6 is 11.6 Å². The first kappa shape index (κ1) is 18.5. The van der Waals surface area contributed by atoms with Crippen LogP contribution in [0.1, 0.15) is 5.56 Å². The fourth-order valence-corrected chi connectivity index (χ4v) is 3.85. The molecule has 0 aliphatic rings. The van der Waals surface area contributed by atoms with E-state index in [1.165, 1.54) is 0 Å². The van der Waals surface area contributed by atoms with E-state index in [2.05, 4.69) is 9.29 Å². The quantitative estimate of drug-likeness (QED) is 0.514. The van der Waals surface area contributed by atoms with Crippen LogP contribution in [0.25, 0.3) is 22.4 Å². The Hall–Kier alpha value is -2.83. The van der Waals surface area contributed by atoms with Crippen LogP contribution in [0, 0.1) is 0 Å². The second kappa shape index (κ2) is 7.30. The number of nitrogens with zero attached hydrogens (tertiary/aromatic N) is 2. The largest absolute Gasteiger partial charge is 0.319 e. The number of halogens is 1. The highest BCUT2D eigenvalue weighted by atomic mass is 35.5. The fraction of sp³-hybridized carbons (Fsp3) is 0.0952. The van der Waals surface area contributed by atoms with Gasteiger partial charge in [-0.3, -0.25) is 4.72 Å². The Kier molecular flexibility index (Phi) is 4.83. The topological polar surface area (TPSA) is 64.0 Å². The van der Waals surface area contributed by atoms with Crippen molar-refractivity contribution in [1.29, 1.82) is 0 Å². The number of benzene rings is 3. The van der Waals surface area contributed by atoms with E-state index in [4.69, 9.17) is 16.6 Å². The molecule has 0 saturated heterocycles. The lowest BCUT2D eigenvalue weighted by molar-refractivity contribution is 0.607. The molecule has 0 atom stereocenters. The summed E-state index contributed by atoms with van der Waals surface area (Å²) in [5.74, 6) is 0.772. The molecule has 28 heavy (non-hydrogen) atoms. The number of sulfonamides is 1. The van der Waals surface area contributed by atoms with E-state index in [0.29, 0.717) is 17.3 Å². The van der Waals surface area contributed by atoms with Gasteiger partial charge in [0.25, 0.3) is 0 Å². The van der Waals surface area contributed by atoms with Crippen molar-refractivity contribution < 1.29 is 8.42 Å². The van der Waals surface area contributed by atoms with Gasteiger partial charge < -0.3 is 4.57 Å². The number of imidazole rings is 1. The van der Waals surface area contributed by atoms with Crippen molar-refractivity contribution in [3.8, 4) is 11.4 Å². The summed E-state index contributed by atoms with van der Waals surface area (Å²) < 4.78 is 27.8. The predicted molar refractivity (Wildman–Crippen MR) is 114 cm³/mol. The maximum atomic E-state index is 11.6. The van der Waals surface area contributed by atoms with E-state index >= 15 is 0 Å². The minimum Gasteiger partial charge on any atom is -0.319 e. The molecule has 0 saturated carbocycles. The molecule has 7 heteroatoms. The molecule has 1 aromatic heterocycles. The zero-order chi connectivity index (χ0) is 19.7. The molecule has 0 aliphatic carbocycles. The van der Waals surface area contributed by atoms with Gasteiger partial charge in [-0.2, -0.15) is 0 Å². The van der Waals surface area contributed by atoms with E-state index in [1.807, 2.05) is 60.7 Å². The molecule has 0 aliphatic heterocycles. The second-order valence-corrected chi connectivity index (χ2v) is 8.78. The smallest absolute Gasteiger partial charge is 0.229 e. The van der Waals surface area contributed by atoms with Gasteiger partial charge in [0.2, 0.25) is 10.0 Å². The minimum absolute atomic E-state index is 0.505. The molecule has 4 rings (SSSR count). The summed E-state index contributed by atoms with van der Waals surface area (Å²) in [6.45, 7) is 0.622. The van der Waals surface area contributed by atoms with Gasteiger partial charge in [-0.1, -0.05) is 48.0 Å². The van der Waals surface area contributed by atoms with Crippen molar-refractivity contribution in [2.75, 3.05) is 11.0 Å². The van der Waals surface area contributed by atoms with Crippen LogP contribution in [0.3, 0.4) is 0 Å². The monoisotopic (exact) mass is 411 g/mol. The van der Waals surface area contributed by atoms with Gasteiger partial charge in [-0.05, 0) is 42.0 Å². The summed E-state index contributed by atoms with van der Waals surface area (Å²) in [5, 5.41) is 0.694. The Labute approximate surface area is 168 Å². The molecule has 4 aromatic rings. The van der Waals surface area contributed by atoms with E-state index in [0.717, 1.165) is 34.2 Å². The van der Waals surface area contributed by atoms with Crippen LogP contribution in [0.2, 0.25) is 5.02 Å². The molecule has 0 fully saturated rings. The van der Waals surface area contributed by atoms with Crippen LogP contribution in [0.4, 0.5) is 5.69 Å². The molecule has 0 bridgehead atoms. The Morgan fingerprint density at radius 1 is 1.00 bits per heavy atom. The minimum atomic E-state index is -3.35. The SMILES string of the molecule is CS(=O)(=O)Nc1cccc(-c2nc3ccccc3n2Cc2ccc(Cl)cc2)c1. The first-order chi connectivity index (χ1) is 13.4. The first-order valence-electron chi connectivity index (χ1n) is 8.67. The van der Waals surface area contributed by atoms with Crippen LogP contribution in [-0.4, -0.2) is 24.2 Å². The molecule has 0 amide bonds. The summed E-state index contributed by atoms with van der Waals surface area (Å²) in [6, 6.07) is 22.9. The van der Waals surface area contributed by atoms with Gasteiger partial charge >= 0.3 is 0 Å². The second-order valence-electron chi connectivity index (χ2n) is 6.59. The Balaban J connectivity index is 1.83. The molecule has 142 valence electrons. The first-order valence-corrected chi connectivity index (χ1v) is 10.9. The van der Waals surface area contributed by atoms with Crippen LogP contribution in [-0.2, 0) is 16.6 Å². The number of para-hydroxylation sites is 2. The number of aromatic nitrogens is 2. The number of hydrogen-bond acceptors (Lipinski definition) is 3. The molecular weight excluding hydrogens is 394 g/mol. The highest BCUT2D eigenvalue weighted by Gasteiger charge is 2.14. The van der Waals surface area contributed by atoms with Crippen molar-refractivity contribution in [1.82, 2.24) is 9.55 Å². The van der Waals surface area contributed by atoms with E-state index in [-0.39, 0.29) is 0 Å². The number of fused-ring (bicyclic) bond motifs is 1. The lowest BCUT2D eigenvalue weighted by atomic mass is 10.1. The summed E-state index contributed by atoms with van der Waals surface area (Å²) in [7, 11) is -3.35. The zero-order valence-electron chi connectivity index (χ0n) is 15.1. The van der Waals surface area contributed by atoms with Gasteiger partial charge in [0.1, 0.15) is 5.82 Å². The summed E-state index contributed by atoms with van der Waals surface area (Å²) >= 11 is 6.01. The van der Waals surface area contributed by atoms with Gasteiger partial charge in [0.05, 0.1) is 17.3 Å². The van der Waals surface area contributed by atoms with Crippen molar-refractivity contribution >= 4 is 38.3 Å². The number of hydrogen-bond donors (Lipinski definition) is 1. The number of anilines is 1. The van der Waals surface area contributed by atoms with Crippen LogP contribution in [0.5, 0.6) is 0 Å². The highest BCUT2D eigenvalue weighted by molar-refractivity contribution is 7.92. The molecule has 5 nitrogen and oxygen atoms in total. The van der Waals surface area contributed by atoms with Crippen molar-refractivity contribution in [3.05, 3.63) is 83.4 Å². The Morgan fingerprint density at radius 3 is 2.50 bits per heavy atom. The molecular formula is C21H18ClN3O2S.